The molecule has 1 heterocycles. The average molecular weight is 329 g/mol. The maximum absolute atomic E-state index is 12.7. The molecule has 4 nitrogen and oxygen atoms in total. The molecule has 0 atom stereocenters. The minimum Gasteiger partial charge on any atom is -0.496 e. The van der Waals surface area contributed by atoms with Gasteiger partial charge in [0, 0.05) is 24.4 Å². The first-order valence-corrected chi connectivity index (χ1v) is 7.94. The van der Waals surface area contributed by atoms with Crippen molar-refractivity contribution in [2.45, 2.75) is 13.0 Å². The Labute approximate surface area is 139 Å². The number of aromatic nitrogens is 2. The lowest BCUT2D eigenvalue weighted by Crippen LogP contribution is -2.26. The third-order valence-corrected chi connectivity index (χ3v) is 3.96. The minimum atomic E-state index is -0.0545. The Morgan fingerprint density at radius 3 is 2.65 bits per heavy atom. The number of hydrogen-bond acceptors (Lipinski definition) is 3. The van der Waals surface area contributed by atoms with Gasteiger partial charge in [0.1, 0.15) is 11.6 Å². The minimum absolute atomic E-state index is 0.0545. The van der Waals surface area contributed by atoms with Crippen LogP contribution >= 0.6 is 11.6 Å². The van der Waals surface area contributed by atoms with Gasteiger partial charge in [-0.3, -0.25) is 9.36 Å². The number of rotatable bonds is 5. The van der Waals surface area contributed by atoms with Gasteiger partial charge in [-0.1, -0.05) is 30.3 Å². The van der Waals surface area contributed by atoms with Crippen LogP contribution in [0.15, 0.2) is 53.3 Å². The van der Waals surface area contributed by atoms with Gasteiger partial charge in [-0.25, -0.2) is 4.98 Å². The van der Waals surface area contributed by atoms with E-state index in [0.29, 0.717) is 35.6 Å². The van der Waals surface area contributed by atoms with Crippen LogP contribution in [0.5, 0.6) is 5.75 Å². The normalized spacial score (nSPS) is 10.9. The molecular formula is C18H17ClN2O2. The van der Waals surface area contributed by atoms with Gasteiger partial charge in [0.25, 0.3) is 5.56 Å². The second-order valence-electron chi connectivity index (χ2n) is 5.18. The maximum Gasteiger partial charge on any atom is 0.261 e. The van der Waals surface area contributed by atoms with E-state index in [9.17, 15) is 4.79 Å². The Balaban J connectivity index is 2.15. The van der Waals surface area contributed by atoms with E-state index >= 15 is 0 Å². The van der Waals surface area contributed by atoms with Crippen molar-refractivity contribution in [3.05, 3.63) is 70.3 Å². The Bertz CT molecular complexity index is 890. The molecule has 0 spiro atoms. The lowest BCUT2D eigenvalue weighted by Gasteiger charge is -2.14. The summed E-state index contributed by atoms with van der Waals surface area (Å²) >= 11 is 5.88. The zero-order valence-electron chi connectivity index (χ0n) is 12.8. The fourth-order valence-corrected chi connectivity index (χ4v) is 2.85. The molecule has 0 fully saturated rings. The molecule has 0 aliphatic rings. The quantitative estimate of drug-likeness (QED) is 0.675. The predicted molar refractivity (Wildman–Crippen MR) is 92.5 cm³/mol. The molecule has 0 bridgehead atoms. The first kappa shape index (κ1) is 15.6. The Morgan fingerprint density at radius 2 is 1.87 bits per heavy atom. The topological polar surface area (TPSA) is 44.1 Å². The number of fused-ring (bicyclic) bond motifs is 1. The number of halogens is 1. The number of nitrogens with zero attached hydrogens (tertiary/aromatic N) is 2. The summed E-state index contributed by atoms with van der Waals surface area (Å²) in [7, 11) is 1.64. The number of alkyl halides is 1. The molecule has 3 rings (SSSR count). The van der Waals surface area contributed by atoms with Gasteiger partial charge in [-0.15, -0.1) is 11.6 Å². The summed E-state index contributed by atoms with van der Waals surface area (Å²) in [5, 5.41) is 0.612. The third-order valence-electron chi connectivity index (χ3n) is 3.79. The SMILES string of the molecule is COc1ccccc1Cc1nc2ccccc2c(=O)n1CCCl. The number of benzene rings is 2. The molecule has 0 radical (unpaired) electrons. The molecule has 0 N–H and O–H groups in total. The second kappa shape index (κ2) is 6.84. The summed E-state index contributed by atoms with van der Waals surface area (Å²) in [6.45, 7) is 0.433. The molecule has 2 aromatic carbocycles. The zero-order valence-corrected chi connectivity index (χ0v) is 13.6. The zero-order chi connectivity index (χ0) is 16.2. The van der Waals surface area contributed by atoms with E-state index in [4.69, 9.17) is 16.3 Å². The fourth-order valence-electron chi connectivity index (χ4n) is 2.68. The number of para-hydroxylation sites is 2. The largest absolute Gasteiger partial charge is 0.496 e. The summed E-state index contributed by atoms with van der Waals surface area (Å²) < 4.78 is 7.05. The number of methoxy groups -OCH3 is 1. The molecule has 1 aromatic heterocycles. The lowest BCUT2D eigenvalue weighted by molar-refractivity contribution is 0.410. The van der Waals surface area contributed by atoms with Crippen LogP contribution < -0.4 is 10.3 Å². The summed E-state index contributed by atoms with van der Waals surface area (Å²) in [4.78, 5) is 17.4. The predicted octanol–water partition coefficient (Wildman–Crippen LogP) is 3.23. The molecule has 118 valence electrons. The molecule has 0 amide bonds. The Morgan fingerprint density at radius 1 is 1.13 bits per heavy atom. The highest BCUT2D eigenvalue weighted by Gasteiger charge is 2.13. The van der Waals surface area contributed by atoms with Crippen molar-refractivity contribution in [3.8, 4) is 5.75 Å². The third kappa shape index (κ3) is 3.08. The van der Waals surface area contributed by atoms with Crippen LogP contribution in [0, 0.1) is 0 Å². The summed E-state index contributed by atoms with van der Waals surface area (Å²) in [5.41, 5.74) is 1.63. The molecule has 3 aromatic rings. The van der Waals surface area contributed by atoms with Crippen molar-refractivity contribution in [1.82, 2.24) is 9.55 Å². The lowest BCUT2D eigenvalue weighted by atomic mass is 10.1. The highest BCUT2D eigenvalue weighted by molar-refractivity contribution is 6.17. The van der Waals surface area contributed by atoms with Crippen LogP contribution in [0.3, 0.4) is 0 Å². The van der Waals surface area contributed by atoms with Gasteiger partial charge in [0.2, 0.25) is 0 Å². The van der Waals surface area contributed by atoms with Crippen LogP contribution in [0.25, 0.3) is 10.9 Å². The molecule has 23 heavy (non-hydrogen) atoms. The molecule has 5 heteroatoms. The highest BCUT2D eigenvalue weighted by Crippen LogP contribution is 2.20. The summed E-state index contributed by atoms with van der Waals surface area (Å²) in [6, 6.07) is 15.1. The van der Waals surface area contributed by atoms with Gasteiger partial charge in [-0.05, 0) is 18.2 Å². The van der Waals surface area contributed by atoms with Crippen LogP contribution in [0.2, 0.25) is 0 Å². The van der Waals surface area contributed by atoms with Crippen molar-refractivity contribution >= 4 is 22.5 Å². The van der Waals surface area contributed by atoms with E-state index in [-0.39, 0.29) is 5.56 Å². The first-order chi connectivity index (χ1) is 11.2. The van der Waals surface area contributed by atoms with E-state index in [1.807, 2.05) is 42.5 Å². The van der Waals surface area contributed by atoms with Gasteiger partial charge in [0.15, 0.2) is 0 Å². The highest BCUT2D eigenvalue weighted by atomic mass is 35.5. The first-order valence-electron chi connectivity index (χ1n) is 7.41. The Kier molecular flexibility index (Phi) is 4.63. The Hall–Kier alpha value is -2.33. The molecule has 0 saturated carbocycles. The van der Waals surface area contributed by atoms with Crippen LogP contribution in [-0.4, -0.2) is 22.5 Å². The van der Waals surface area contributed by atoms with Crippen molar-refractivity contribution < 1.29 is 4.74 Å². The molecule has 0 unspecified atom stereocenters. The van der Waals surface area contributed by atoms with Gasteiger partial charge < -0.3 is 4.74 Å². The summed E-state index contributed by atoms with van der Waals surface area (Å²) in [5.74, 6) is 1.84. The van der Waals surface area contributed by atoms with E-state index < -0.39 is 0 Å². The summed E-state index contributed by atoms with van der Waals surface area (Å²) in [6.07, 6.45) is 0.515. The average Bonchev–Trinajstić information content (AvgIpc) is 2.59. The van der Waals surface area contributed by atoms with Crippen molar-refractivity contribution in [3.63, 3.8) is 0 Å². The molecule has 0 aliphatic heterocycles. The van der Waals surface area contributed by atoms with E-state index in [0.717, 1.165) is 11.3 Å². The van der Waals surface area contributed by atoms with Gasteiger partial charge in [-0.2, -0.15) is 0 Å². The monoisotopic (exact) mass is 328 g/mol. The van der Waals surface area contributed by atoms with Crippen molar-refractivity contribution in [2.24, 2.45) is 0 Å². The van der Waals surface area contributed by atoms with Crippen LogP contribution in [0.1, 0.15) is 11.4 Å². The maximum atomic E-state index is 12.7. The molecule has 0 saturated heterocycles. The van der Waals surface area contributed by atoms with Gasteiger partial charge in [0.05, 0.1) is 18.0 Å². The standard InChI is InChI=1S/C18H17ClN2O2/c1-23-16-9-5-2-6-13(16)12-17-20-15-8-4-3-7-14(15)18(22)21(17)11-10-19/h2-9H,10-12H2,1H3. The number of hydrogen-bond donors (Lipinski definition) is 0. The van der Waals surface area contributed by atoms with E-state index in [1.54, 1.807) is 17.7 Å². The van der Waals surface area contributed by atoms with Gasteiger partial charge >= 0.3 is 0 Å². The van der Waals surface area contributed by atoms with Crippen LogP contribution in [-0.2, 0) is 13.0 Å². The smallest absolute Gasteiger partial charge is 0.261 e. The second-order valence-corrected chi connectivity index (χ2v) is 5.56. The molecular weight excluding hydrogens is 312 g/mol. The fraction of sp³-hybridized carbons (Fsp3) is 0.222. The van der Waals surface area contributed by atoms with Crippen molar-refractivity contribution in [2.75, 3.05) is 13.0 Å². The number of ether oxygens (including phenoxy) is 1. The van der Waals surface area contributed by atoms with E-state index in [2.05, 4.69) is 4.98 Å². The van der Waals surface area contributed by atoms with Crippen molar-refractivity contribution in [1.29, 1.82) is 0 Å². The molecule has 0 aliphatic carbocycles. The van der Waals surface area contributed by atoms with E-state index in [1.165, 1.54) is 0 Å². The van der Waals surface area contributed by atoms with Crippen LogP contribution in [0.4, 0.5) is 0 Å².